The van der Waals surface area contributed by atoms with E-state index in [2.05, 4.69) is 25.3 Å². The summed E-state index contributed by atoms with van der Waals surface area (Å²) in [6.45, 7) is 3.44. The maximum Gasteiger partial charge on any atom is 0.236 e. The maximum atomic E-state index is 5.86. The summed E-state index contributed by atoms with van der Waals surface area (Å²) in [6, 6.07) is 7.72. The van der Waals surface area contributed by atoms with Gasteiger partial charge in [0.15, 0.2) is 0 Å². The van der Waals surface area contributed by atoms with Crippen LogP contribution in [0, 0.1) is 0 Å². The van der Waals surface area contributed by atoms with Crippen LogP contribution in [-0.2, 0) is 4.74 Å². The molecule has 3 aromatic rings. The van der Waals surface area contributed by atoms with Crippen molar-refractivity contribution in [2.75, 3.05) is 26.3 Å². The summed E-state index contributed by atoms with van der Waals surface area (Å²) in [6.07, 6.45) is 5.72. The second kappa shape index (κ2) is 10.0. The van der Waals surface area contributed by atoms with Crippen LogP contribution in [-0.4, -0.2) is 52.3 Å². The van der Waals surface area contributed by atoms with Gasteiger partial charge in [0.2, 0.25) is 11.2 Å². The zero-order valence-electron chi connectivity index (χ0n) is 15.3. The summed E-state index contributed by atoms with van der Waals surface area (Å²) in [4.78, 5) is 15.7. The molecule has 2 aromatic heterocycles. The summed E-state index contributed by atoms with van der Waals surface area (Å²) in [5.74, 6) is 1.14. The van der Waals surface area contributed by atoms with Crippen LogP contribution >= 0.6 is 24.0 Å². The molecule has 9 heteroatoms. The summed E-state index contributed by atoms with van der Waals surface area (Å²) in [5.41, 5.74) is 2.89. The van der Waals surface area contributed by atoms with E-state index in [1.165, 1.54) is 0 Å². The molecule has 1 aromatic carbocycles. The van der Waals surface area contributed by atoms with Crippen LogP contribution in [0.15, 0.2) is 36.7 Å². The van der Waals surface area contributed by atoms with Crippen molar-refractivity contribution in [3.05, 3.63) is 47.6 Å². The fraction of sp³-hybridized carbons (Fsp3) is 0.421. The Balaban J connectivity index is 0.000000175. The van der Waals surface area contributed by atoms with Crippen molar-refractivity contribution in [2.45, 2.75) is 24.9 Å². The van der Waals surface area contributed by atoms with Gasteiger partial charge in [0.25, 0.3) is 0 Å². The van der Waals surface area contributed by atoms with Crippen molar-refractivity contribution < 1.29 is 9.47 Å². The van der Waals surface area contributed by atoms with Crippen molar-refractivity contribution in [2.24, 2.45) is 0 Å². The SMILES string of the molecule is Cl.Clc1nc2ccccc2[nH]1.c1cnc(C2CCOCC2)c(OC2CNC2)n1. The molecule has 150 valence electrons. The van der Waals surface area contributed by atoms with Crippen LogP contribution < -0.4 is 10.1 Å². The number of nitrogens with one attached hydrogen (secondary N) is 2. The monoisotopic (exact) mass is 423 g/mol. The summed E-state index contributed by atoms with van der Waals surface area (Å²) in [7, 11) is 0. The molecule has 2 aliphatic heterocycles. The average Bonchev–Trinajstić information content (AvgIpc) is 3.06. The highest BCUT2D eigenvalue weighted by atomic mass is 35.5. The van der Waals surface area contributed by atoms with Crippen molar-refractivity contribution in [3.63, 3.8) is 0 Å². The zero-order valence-corrected chi connectivity index (χ0v) is 16.9. The molecular weight excluding hydrogens is 401 g/mol. The van der Waals surface area contributed by atoms with Gasteiger partial charge in [0, 0.05) is 44.6 Å². The lowest BCUT2D eigenvalue weighted by atomic mass is 9.96. The van der Waals surface area contributed by atoms with E-state index < -0.39 is 0 Å². The molecule has 0 bridgehead atoms. The molecule has 2 fully saturated rings. The third-order valence-corrected chi connectivity index (χ3v) is 4.86. The summed E-state index contributed by atoms with van der Waals surface area (Å²) in [5, 5.41) is 3.63. The Kier molecular flexibility index (Phi) is 7.44. The Labute approximate surface area is 174 Å². The quantitative estimate of drug-likeness (QED) is 0.671. The van der Waals surface area contributed by atoms with E-state index in [-0.39, 0.29) is 18.5 Å². The predicted molar refractivity (Wildman–Crippen MR) is 110 cm³/mol. The van der Waals surface area contributed by atoms with E-state index in [1.54, 1.807) is 12.4 Å². The van der Waals surface area contributed by atoms with Gasteiger partial charge in [0.1, 0.15) is 11.8 Å². The largest absolute Gasteiger partial charge is 0.470 e. The standard InChI is InChI=1S/C12H17N3O2.C7H5ClN2.ClH/c1-5-16-6-2-9(1)11-12(15-4-3-14-11)17-10-7-13-8-10;8-7-9-5-3-1-2-4-6(5)10-7;/h3-4,9-10,13H,1-2,5-8H2;1-4H,(H,9,10);1H. The topological polar surface area (TPSA) is 85.0 Å². The van der Waals surface area contributed by atoms with Gasteiger partial charge >= 0.3 is 0 Å². The summed E-state index contributed by atoms with van der Waals surface area (Å²) < 4.78 is 11.2. The molecule has 0 saturated carbocycles. The first-order valence-electron chi connectivity index (χ1n) is 9.16. The molecule has 2 aliphatic rings. The molecule has 0 spiro atoms. The van der Waals surface area contributed by atoms with E-state index in [9.17, 15) is 0 Å². The van der Waals surface area contributed by atoms with Crippen molar-refractivity contribution in [1.29, 1.82) is 0 Å². The maximum absolute atomic E-state index is 5.86. The normalized spacial score (nSPS) is 17.2. The third-order valence-electron chi connectivity index (χ3n) is 4.68. The van der Waals surface area contributed by atoms with Crippen LogP contribution in [0.2, 0.25) is 5.28 Å². The Bertz CT molecular complexity index is 848. The summed E-state index contributed by atoms with van der Waals surface area (Å²) >= 11 is 5.62. The number of H-pyrrole nitrogens is 1. The lowest BCUT2D eigenvalue weighted by Crippen LogP contribution is -2.50. The first-order valence-corrected chi connectivity index (χ1v) is 9.53. The number of ether oxygens (including phenoxy) is 2. The van der Waals surface area contributed by atoms with Gasteiger partial charge in [-0.15, -0.1) is 12.4 Å². The molecule has 0 aliphatic carbocycles. The van der Waals surface area contributed by atoms with Crippen LogP contribution in [0.5, 0.6) is 5.88 Å². The highest BCUT2D eigenvalue weighted by Crippen LogP contribution is 2.30. The predicted octanol–water partition coefficient (Wildman–Crippen LogP) is 3.36. The Hall–Kier alpha value is -1.93. The van der Waals surface area contributed by atoms with E-state index in [0.29, 0.717) is 17.1 Å². The van der Waals surface area contributed by atoms with Gasteiger partial charge in [-0.05, 0) is 36.6 Å². The Morgan fingerprint density at radius 3 is 2.54 bits per heavy atom. The number of fused-ring (bicyclic) bond motifs is 1. The van der Waals surface area contributed by atoms with E-state index in [4.69, 9.17) is 21.1 Å². The van der Waals surface area contributed by atoms with Crippen LogP contribution in [0.3, 0.4) is 0 Å². The lowest BCUT2D eigenvalue weighted by Gasteiger charge is -2.29. The van der Waals surface area contributed by atoms with Crippen molar-refractivity contribution >= 4 is 35.0 Å². The molecule has 4 heterocycles. The first-order chi connectivity index (χ1) is 13.3. The number of para-hydroxylation sites is 2. The zero-order chi connectivity index (χ0) is 18.5. The molecule has 28 heavy (non-hydrogen) atoms. The molecule has 7 nitrogen and oxygen atoms in total. The fourth-order valence-corrected chi connectivity index (χ4v) is 3.30. The number of nitrogens with zero attached hydrogens (tertiary/aromatic N) is 3. The lowest BCUT2D eigenvalue weighted by molar-refractivity contribution is 0.0814. The molecule has 5 rings (SSSR count). The van der Waals surface area contributed by atoms with E-state index in [0.717, 1.165) is 55.9 Å². The molecule has 0 unspecified atom stereocenters. The Morgan fingerprint density at radius 1 is 1.07 bits per heavy atom. The van der Waals surface area contributed by atoms with Gasteiger partial charge in [-0.1, -0.05) is 12.1 Å². The van der Waals surface area contributed by atoms with Gasteiger partial charge in [0.05, 0.1) is 11.0 Å². The number of aromatic amines is 1. The second-order valence-electron chi connectivity index (χ2n) is 6.58. The minimum Gasteiger partial charge on any atom is -0.470 e. The third kappa shape index (κ3) is 5.11. The highest BCUT2D eigenvalue weighted by molar-refractivity contribution is 6.29. The number of imidazole rings is 1. The number of aromatic nitrogens is 4. The van der Waals surface area contributed by atoms with Crippen LogP contribution in [0.25, 0.3) is 11.0 Å². The van der Waals surface area contributed by atoms with Gasteiger partial charge in [-0.25, -0.2) is 9.97 Å². The smallest absolute Gasteiger partial charge is 0.236 e. The van der Waals surface area contributed by atoms with Gasteiger partial charge in [-0.2, -0.15) is 0 Å². The highest BCUT2D eigenvalue weighted by Gasteiger charge is 2.25. The number of rotatable bonds is 3. The second-order valence-corrected chi connectivity index (χ2v) is 6.93. The number of hydrogen-bond acceptors (Lipinski definition) is 6. The molecule has 2 N–H and O–H groups in total. The number of halogens is 2. The van der Waals surface area contributed by atoms with Crippen LogP contribution in [0.1, 0.15) is 24.5 Å². The molecular formula is C19H23Cl2N5O2. The van der Waals surface area contributed by atoms with E-state index >= 15 is 0 Å². The van der Waals surface area contributed by atoms with Crippen molar-refractivity contribution in [1.82, 2.24) is 25.3 Å². The number of hydrogen-bond donors (Lipinski definition) is 2. The first kappa shape index (κ1) is 20.8. The Morgan fingerprint density at radius 2 is 1.82 bits per heavy atom. The number of benzene rings is 1. The van der Waals surface area contributed by atoms with Crippen LogP contribution in [0.4, 0.5) is 0 Å². The fourth-order valence-electron chi connectivity index (χ4n) is 3.10. The molecule has 0 atom stereocenters. The average molecular weight is 424 g/mol. The molecule has 2 saturated heterocycles. The van der Waals surface area contributed by atoms with Crippen molar-refractivity contribution in [3.8, 4) is 5.88 Å². The molecule has 0 radical (unpaired) electrons. The minimum atomic E-state index is 0. The minimum absolute atomic E-state index is 0. The van der Waals surface area contributed by atoms with E-state index in [1.807, 2.05) is 24.3 Å². The molecule has 0 amide bonds. The van der Waals surface area contributed by atoms with Gasteiger partial charge in [-0.3, -0.25) is 4.98 Å². The van der Waals surface area contributed by atoms with Gasteiger partial charge < -0.3 is 19.8 Å².